The van der Waals surface area contributed by atoms with E-state index in [2.05, 4.69) is 5.32 Å². The van der Waals surface area contributed by atoms with Crippen molar-refractivity contribution in [2.45, 2.75) is 6.04 Å². The van der Waals surface area contributed by atoms with Crippen LogP contribution in [0.3, 0.4) is 0 Å². The van der Waals surface area contributed by atoms with Crippen LogP contribution in [0.15, 0.2) is 24.3 Å². The molecule has 1 aromatic carbocycles. The Morgan fingerprint density at radius 3 is 2.80 bits per heavy atom. The zero-order valence-electron chi connectivity index (χ0n) is 11.6. The van der Waals surface area contributed by atoms with Crippen molar-refractivity contribution in [3.63, 3.8) is 0 Å². The Bertz CT molecular complexity index is 518. The molecule has 0 radical (unpaired) electrons. The number of carbonyl (C=O) groups is 1. The fraction of sp³-hybridized carbons (Fsp3) is 0.462. The summed E-state index contributed by atoms with van der Waals surface area (Å²) in [5.74, 6) is -0.0599. The SMILES string of the molecule is CN(C)C(=O)C1CNCCN1c1ccccc1[N+](=O)[O-]. The number of carbonyl (C=O) groups excluding carboxylic acids is 1. The standard InChI is InChI=1S/C13H18N4O3/c1-15(2)13(18)12-9-14-7-8-16(12)10-5-3-4-6-11(10)17(19)20/h3-6,12,14H,7-9H2,1-2H3. The molecule has 1 amide bonds. The van der Waals surface area contributed by atoms with Crippen LogP contribution in [0.2, 0.25) is 0 Å². The van der Waals surface area contributed by atoms with Gasteiger partial charge < -0.3 is 15.1 Å². The second-order valence-electron chi connectivity index (χ2n) is 4.89. The number of piperazine rings is 1. The fourth-order valence-electron chi connectivity index (χ4n) is 2.37. The maximum atomic E-state index is 12.2. The first-order chi connectivity index (χ1) is 9.52. The number of anilines is 1. The van der Waals surface area contributed by atoms with Crippen molar-refractivity contribution < 1.29 is 9.72 Å². The minimum Gasteiger partial charge on any atom is -0.352 e. The molecule has 7 heteroatoms. The molecule has 1 heterocycles. The van der Waals surface area contributed by atoms with Gasteiger partial charge in [0.1, 0.15) is 11.7 Å². The third-order valence-electron chi connectivity index (χ3n) is 3.36. The lowest BCUT2D eigenvalue weighted by molar-refractivity contribution is -0.384. The topological polar surface area (TPSA) is 78.7 Å². The first kappa shape index (κ1) is 14.3. The average Bonchev–Trinajstić information content (AvgIpc) is 2.46. The Morgan fingerprint density at radius 1 is 1.45 bits per heavy atom. The number of nitro groups is 1. The maximum Gasteiger partial charge on any atom is 0.292 e. The second kappa shape index (κ2) is 5.87. The number of para-hydroxylation sites is 2. The number of likely N-dealkylation sites (N-methyl/N-ethyl adjacent to an activating group) is 1. The van der Waals surface area contributed by atoms with Gasteiger partial charge in [-0.25, -0.2) is 0 Å². The van der Waals surface area contributed by atoms with E-state index in [1.807, 2.05) is 4.90 Å². The summed E-state index contributed by atoms with van der Waals surface area (Å²) < 4.78 is 0. The van der Waals surface area contributed by atoms with Crippen molar-refractivity contribution in [2.24, 2.45) is 0 Å². The van der Waals surface area contributed by atoms with Gasteiger partial charge in [-0.2, -0.15) is 0 Å². The molecule has 0 spiro atoms. The first-order valence-electron chi connectivity index (χ1n) is 6.44. The number of nitrogens with zero attached hydrogens (tertiary/aromatic N) is 3. The van der Waals surface area contributed by atoms with Crippen LogP contribution in [0.1, 0.15) is 0 Å². The van der Waals surface area contributed by atoms with E-state index in [9.17, 15) is 14.9 Å². The molecule has 0 aliphatic carbocycles. The number of hydrogen-bond acceptors (Lipinski definition) is 5. The lowest BCUT2D eigenvalue weighted by atomic mass is 10.1. The smallest absolute Gasteiger partial charge is 0.292 e. The quantitative estimate of drug-likeness (QED) is 0.642. The van der Waals surface area contributed by atoms with Crippen molar-refractivity contribution in [1.29, 1.82) is 0 Å². The van der Waals surface area contributed by atoms with E-state index in [0.717, 1.165) is 0 Å². The Morgan fingerprint density at radius 2 is 2.15 bits per heavy atom. The van der Waals surface area contributed by atoms with Gasteiger partial charge in [-0.15, -0.1) is 0 Å². The number of amides is 1. The van der Waals surface area contributed by atoms with Crippen LogP contribution in [-0.2, 0) is 4.79 Å². The predicted octanol–water partition coefficient (Wildman–Crippen LogP) is 0.461. The second-order valence-corrected chi connectivity index (χ2v) is 4.89. The molecule has 1 saturated heterocycles. The molecule has 1 aromatic rings. The molecule has 1 aliphatic rings. The third-order valence-corrected chi connectivity index (χ3v) is 3.36. The van der Waals surface area contributed by atoms with Crippen LogP contribution in [0.4, 0.5) is 11.4 Å². The predicted molar refractivity (Wildman–Crippen MR) is 75.8 cm³/mol. The van der Waals surface area contributed by atoms with Crippen LogP contribution in [0.25, 0.3) is 0 Å². The van der Waals surface area contributed by atoms with Gasteiger partial charge in [0.15, 0.2) is 0 Å². The molecule has 2 rings (SSSR count). The van der Waals surface area contributed by atoms with Crippen LogP contribution in [0.5, 0.6) is 0 Å². The molecule has 0 aromatic heterocycles. The average molecular weight is 278 g/mol. The highest BCUT2D eigenvalue weighted by atomic mass is 16.6. The van der Waals surface area contributed by atoms with Gasteiger partial charge in [-0.05, 0) is 6.07 Å². The van der Waals surface area contributed by atoms with E-state index in [1.54, 1.807) is 32.3 Å². The van der Waals surface area contributed by atoms with Crippen LogP contribution < -0.4 is 10.2 Å². The number of benzene rings is 1. The highest BCUT2D eigenvalue weighted by molar-refractivity contribution is 5.86. The summed E-state index contributed by atoms with van der Waals surface area (Å²) in [6.07, 6.45) is 0. The molecule has 20 heavy (non-hydrogen) atoms. The van der Waals surface area contributed by atoms with Crippen molar-refractivity contribution in [3.05, 3.63) is 34.4 Å². The van der Waals surface area contributed by atoms with E-state index in [1.165, 1.54) is 11.0 Å². The van der Waals surface area contributed by atoms with Gasteiger partial charge >= 0.3 is 0 Å². The number of nitrogens with one attached hydrogen (secondary N) is 1. The summed E-state index contributed by atoms with van der Waals surface area (Å²) in [7, 11) is 3.38. The summed E-state index contributed by atoms with van der Waals surface area (Å²) in [4.78, 5) is 26.3. The maximum absolute atomic E-state index is 12.2. The van der Waals surface area contributed by atoms with E-state index in [-0.39, 0.29) is 11.6 Å². The lowest BCUT2D eigenvalue weighted by Crippen LogP contribution is -2.58. The molecule has 0 bridgehead atoms. The van der Waals surface area contributed by atoms with Gasteiger partial charge in [-0.1, -0.05) is 12.1 Å². The lowest BCUT2D eigenvalue weighted by Gasteiger charge is -2.37. The molecule has 0 saturated carbocycles. The van der Waals surface area contributed by atoms with Crippen molar-refractivity contribution in [2.75, 3.05) is 38.6 Å². The van der Waals surface area contributed by atoms with Gasteiger partial charge in [0.25, 0.3) is 5.69 Å². The summed E-state index contributed by atoms with van der Waals surface area (Å²) in [5.41, 5.74) is 0.533. The normalized spacial score (nSPS) is 18.7. The summed E-state index contributed by atoms with van der Waals surface area (Å²) >= 11 is 0. The largest absolute Gasteiger partial charge is 0.352 e. The zero-order valence-corrected chi connectivity index (χ0v) is 11.6. The molecular weight excluding hydrogens is 260 g/mol. The molecule has 7 nitrogen and oxygen atoms in total. The molecule has 108 valence electrons. The highest BCUT2D eigenvalue weighted by Crippen LogP contribution is 2.29. The Kier molecular flexibility index (Phi) is 4.19. The molecular formula is C13H18N4O3. The van der Waals surface area contributed by atoms with Crippen LogP contribution in [-0.4, -0.2) is 55.5 Å². The number of rotatable bonds is 3. The Balaban J connectivity index is 2.38. The van der Waals surface area contributed by atoms with Crippen molar-refractivity contribution in [1.82, 2.24) is 10.2 Å². The summed E-state index contributed by atoms with van der Waals surface area (Å²) in [6.45, 7) is 1.75. The molecule has 1 aliphatic heterocycles. The van der Waals surface area contributed by atoms with Crippen molar-refractivity contribution in [3.8, 4) is 0 Å². The summed E-state index contributed by atoms with van der Waals surface area (Å²) in [5, 5.41) is 14.3. The fourth-order valence-corrected chi connectivity index (χ4v) is 2.37. The Hall–Kier alpha value is -2.15. The molecule has 1 atom stereocenters. The third kappa shape index (κ3) is 2.72. The summed E-state index contributed by atoms with van der Waals surface area (Å²) in [6, 6.07) is 6.13. The van der Waals surface area contributed by atoms with Gasteiger partial charge in [0.05, 0.1) is 4.92 Å². The van der Waals surface area contributed by atoms with E-state index in [4.69, 9.17) is 0 Å². The van der Waals surface area contributed by atoms with E-state index >= 15 is 0 Å². The van der Waals surface area contributed by atoms with E-state index < -0.39 is 11.0 Å². The minimum absolute atomic E-state index is 0.0333. The number of nitro benzene ring substituents is 1. The minimum atomic E-state index is -0.417. The highest BCUT2D eigenvalue weighted by Gasteiger charge is 2.33. The van der Waals surface area contributed by atoms with Crippen LogP contribution in [0, 0.1) is 10.1 Å². The van der Waals surface area contributed by atoms with Gasteiger partial charge in [0.2, 0.25) is 5.91 Å². The van der Waals surface area contributed by atoms with Gasteiger partial charge in [0, 0.05) is 39.8 Å². The number of hydrogen-bond donors (Lipinski definition) is 1. The van der Waals surface area contributed by atoms with Crippen molar-refractivity contribution >= 4 is 17.3 Å². The van der Waals surface area contributed by atoms with E-state index in [0.29, 0.717) is 25.3 Å². The molecule has 1 unspecified atom stereocenters. The monoisotopic (exact) mass is 278 g/mol. The van der Waals surface area contributed by atoms with Crippen LogP contribution >= 0.6 is 0 Å². The zero-order chi connectivity index (χ0) is 14.7. The molecule has 1 fully saturated rings. The first-order valence-corrected chi connectivity index (χ1v) is 6.44. The Labute approximate surface area is 117 Å². The van der Waals surface area contributed by atoms with Gasteiger partial charge in [-0.3, -0.25) is 14.9 Å². The molecule has 1 N–H and O–H groups in total.